The molecule has 0 heterocycles. The quantitative estimate of drug-likeness (QED) is 0.825. The van der Waals surface area contributed by atoms with E-state index in [1.165, 1.54) is 0 Å². The predicted molar refractivity (Wildman–Crippen MR) is 55.9 cm³/mol. The summed E-state index contributed by atoms with van der Waals surface area (Å²) < 4.78 is 37.7. The molecule has 7 heteroatoms. The fraction of sp³-hybridized carbons (Fsp3) is 0.250. The lowest BCUT2D eigenvalue weighted by atomic mass is 10.1. The average molecular weight is 307 g/mol. The van der Waals surface area contributed by atoms with Gasteiger partial charge in [-0.2, -0.15) is 4.39 Å². The first kappa shape index (κ1) is 14.5. The Labute approximate surface area is 98.8 Å². The maximum atomic E-state index is 12.9. The lowest BCUT2D eigenvalue weighted by molar-refractivity contribution is 0.380. The summed E-state index contributed by atoms with van der Waals surface area (Å²) in [6.07, 6.45) is 0. The van der Waals surface area contributed by atoms with Gasteiger partial charge < -0.3 is 10.8 Å². The summed E-state index contributed by atoms with van der Waals surface area (Å²) in [5.41, 5.74) is 5.07. The van der Waals surface area contributed by atoms with E-state index in [-0.39, 0.29) is 22.4 Å². The number of alkyl halides is 1. The van der Waals surface area contributed by atoms with E-state index >= 15 is 0 Å². The Morgan fingerprint density at radius 2 is 1.93 bits per heavy atom. The normalized spacial score (nSPS) is 12.1. The Kier molecular flexibility index (Phi) is 5.41. The summed E-state index contributed by atoms with van der Waals surface area (Å²) in [6, 6.07) is -0.112. The van der Waals surface area contributed by atoms with Crippen molar-refractivity contribution in [1.29, 1.82) is 0 Å². The van der Waals surface area contributed by atoms with E-state index in [1.54, 1.807) is 0 Å². The number of phenols is 1. The fourth-order valence-electron chi connectivity index (χ4n) is 0.970. The van der Waals surface area contributed by atoms with Crippen LogP contribution in [0.25, 0.3) is 0 Å². The van der Waals surface area contributed by atoms with Crippen molar-refractivity contribution < 1.29 is 18.3 Å². The SMILES string of the molecule is Cl.N[C@@H](CF)c1cc(Br)c(F)c(F)c1O. The molecule has 86 valence electrons. The molecule has 0 unspecified atom stereocenters. The van der Waals surface area contributed by atoms with Crippen molar-refractivity contribution in [2.24, 2.45) is 5.73 Å². The number of benzene rings is 1. The molecule has 0 bridgehead atoms. The van der Waals surface area contributed by atoms with Crippen LogP contribution in [0.1, 0.15) is 11.6 Å². The summed E-state index contributed by atoms with van der Waals surface area (Å²) in [6.45, 7) is -0.967. The molecule has 0 spiro atoms. The van der Waals surface area contributed by atoms with Gasteiger partial charge in [-0.15, -0.1) is 12.4 Å². The number of hydrogen-bond acceptors (Lipinski definition) is 2. The number of halogens is 5. The van der Waals surface area contributed by atoms with Gasteiger partial charge in [0.15, 0.2) is 11.6 Å². The van der Waals surface area contributed by atoms with Gasteiger partial charge in [0.1, 0.15) is 6.67 Å². The predicted octanol–water partition coefficient (Wildman–Crippen LogP) is 2.82. The van der Waals surface area contributed by atoms with E-state index < -0.39 is 30.1 Å². The van der Waals surface area contributed by atoms with Gasteiger partial charge in [0.2, 0.25) is 5.82 Å². The van der Waals surface area contributed by atoms with Gasteiger partial charge in [0.05, 0.1) is 10.5 Å². The molecular weight excluding hydrogens is 298 g/mol. The Hall–Kier alpha value is -0.460. The summed E-state index contributed by atoms with van der Waals surface area (Å²) >= 11 is 2.72. The first-order chi connectivity index (χ1) is 6.49. The van der Waals surface area contributed by atoms with Crippen molar-refractivity contribution in [2.75, 3.05) is 6.67 Å². The van der Waals surface area contributed by atoms with E-state index in [0.29, 0.717) is 0 Å². The first-order valence-electron chi connectivity index (χ1n) is 3.67. The molecule has 2 nitrogen and oxygen atoms in total. The van der Waals surface area contributed by atoms with Crippen LogP contribution in [0.2, 0.25) is 0 Å². The van der Waals surface area contributed by atoms with Crippen LogP contribution in [0.3, 0.4) is 0 Å². The maximum absolute atomic E-state index is 12.9. The van der Waals surface area contributed by atoms with Crippen LogP contribution in [-0.2, 0) is 0 Å². The molecule has 1 atom stereocenters. The van der Waals surface area contributed by atoms with Gasteiger partial charge in [-0.05, 0) is 22.0 Å². The van der Waals surface area contributed by atoms with Gasteiger partial charge >= 0.3 is 0 Å². The van der Waals surface area contributed by atoms with E-state index in [1.807, 2.05) is 0 Å². The van der Waals surface area contributed by atoms with Gasteiger partial charge in [-0.3, -0.25) is 0 Å². The first-order valence-corrected chi connectivity index (χ1v) is 4.46. The van der Waals surface area contributed by atoms with Crippen molar-refractivity contribution in [3.05, 3.63) is 27.7 Å². The zero-order chi connectivity index (χ0) is 10.9. The highest BCUT2D eigenvalue weighted by Crippen LogP contribution is 2.32. The molecule has 0 saturated carbocycles. The lowest BCUT2D eigenvalue weighted by Crippen LogP contribution is -2.13. The smallest absolute Gasteiger partial charge is 0.201 e. The minimum absolute atomic E-state index is 0. The molecule has 3 N–H and O–H groups in total. The van der Waals surface area contributed by atoms with Crippen molar-refractivity contribution in [2.45, 2.75) is 6.04 Å². The third-order valence-corrected chi connectivity index (χ3v) is 2.31. The third-order valence-electron chi connectivity index (χ3n) is 1.73. The number of hydrogen-bond donors (Lipinski definition) is 2. The highest BCUT2D eigenvalue weighted by molar-refractivity contribution is 9.10. The van der Waals surface area contributed by atoms with Crippen LogP contribution in [0.5, 0.6) is 5.75 Å². The highest BCUT2D eigenvalue weighted by Gasteiger charge is 2.20. The van der Waals surface area contributed by atoms with Crippen LogP contribution in [0, 0.1) is 11.6 Å². The molecule has 0 saturated heterocycles. The molecule has 0 amide bonds. The van der Waals surface area contributed by atoms with Crippen molar-refractivity contribution in [3.8, 4) is 5.75 Å². The van der Waals surface area contributed by atoms with E-state index in [0.717, 1.165) is 6.07 Å². The molecule has 0 aliphatic carbocycles. The number of phenolic OH excluding ortho intramolecular Hbond substituents is 1. The van der Waals surface area contributed by atoms with Crippen LogP contribution in [0.4, 0.5) is 13.2 Å². The molecule has 1 aromatic carbocycles. The minimum atomic E-state index is -1.43. The lowest BCUT2D eigenvalue weighted by Gasteiger charge is -2.11. The van der Waals surface area contributed by atoms with Gasteiger partial charge in [-0.1, -0.05) is 0 Å². The Morgan fingerprint density at radius 1 is 1.40 bits per heavy atom. The second-order valence-electron chi connectivity index (χ2n) is 2.68. The molecule has 0 aliphatic heterocycles. The maximum Gasteiger partial charge on any atom is 0.201 e. The monoisotopic (exact) mass is 305 g/mol. The number of aromatic hydroxyl groups is 1. The summed E-state index contributed by atoms with van der Waals surface area (Å²) in [7, 11) is 0. The summed E-state index contributed by atoms with van der Waals surface area (Å²) in [5.74, 6) is -3.61. The van der Waals surface area contributed by atoms with Crippen LogP contribution in [-0.4, -0.2) is 11.8 Å². The Morgan fingerprint density at radius 3 is 2.40 bits per heavy atom. The molecule has 0 aromatic heterocycles. The average Bonchev–Trinajstić information content (AvgIpc) is 2.19. The van der Waals surface area contributed by atoms with E-state index in [9.17, 15) is 13.2 Å². The minimum Gasteiger partial charge on any atom is -0.505 e. The number of rotatable bonds is 2. The molecular formula is C8H8BrClF3NO. The molecule has 1 aromatic rings. The standard InChI is InChI=1S/C8H7BrF3NO.ClH/c9-4-1-3(5(13)2-10)8(14)7(12)6(4)11;/h1,5,14H,2,13H2;1H/t5-;/m0./s1. The van der Waals surface area contributed by atoms with E-state index in [2.05, 4.69) is 15.9 Å². The molecule has 15 heavy (non-hydrogen) atoms. The summed E-state index contributed by atoms with van der Waals surface area (Å²) in [5, 5.41) is 9.12. The number of nitrogens with two attached hydrogens (primary N) is 1. The second kappa shape index (κ2) is 5.58. The third kappa shape index (κ3) is 2.76. The second-order valence-corrected chi connectivity index (χ2v) is 3.54. The molecule has 0 fully saturated rings. The van der Waals surface area contributed by atoms with E-state index in [4.69, 9.17) is 10.8 Å². The fourth-order valence-corrected chi connectivity index (χ4v) is 1.39. The topological polar surface area (TPSA) is 46.2 Å². The van der Waals surface area contributed by atoms with Crippen LogP contribution in [0.15, 0.2) is 10.5 Å². The van der Waals surface area contributed by atoms with Gasteiger partial charge in [-0.25, -0.2) is 8.78 Å². The van der Waals surface area contributed by atoms with Crippen molar-refractivity contribution >= 4 is 28.3 Å². The summed E-state index contributed by atoms with van der Waals surface area (Å²) in [4.78, 5) is 0. The highest BCUT2D eigenvalue weighted by atomic mass is 79.9. The van der Waals surface area contributed by atoms with Crippen LogP contribution < -0.4 is 5.73 Å². The molecule has 0 aliphatic rings. The Bertz CT molecular complexity index is 364. The largest absolute Gasteiger partial charge is 0.505 e. The van der Waals surface area contributed by atoms with Crippen molar-refractivity contribution in [1.82, 2.24) is 0 Å². The van der Waals surface area contributed by atoms with Gasteiger partial charge in [0, 0.05) is 5.56 Å². The van der Waals surface area contributed by atoms with Crippen LogP contribution >= 0.6 is 28.3 Å². The Balaban J connectivity index is 0.00000196. The molecule has 0 radical (unpaired) electrons. The van der Waals surface area contributed by atoms with Gasteiger partial charge in [0.25, 0.3) is 0 Å². The zero-order valence-corrected chi connectivity index (χ0v) is 9.71. The molecule has 1 rings (SSSR count). The zero-order valence-electron chi connectivity index (χ0n) is 7.31. The van der Waals surface area contributed by atoms with Crippen molar-refractivity contribution in [3.63, 3.8) is 0 Å².